The van der Waals surface area contributed by atoms with Crippen LogP contribution < -0.4 is 0 Å². The highest BCUT2D eigenvalue weighted by Crippen LogP contribution is 2.68. The van der Waals surface area contributed by atoms with Gasteiger partial charge in [-0.2, -0.15) is 0 Å². The van der Waals surface area contributed by atoms with E-state index < -0.39 is 0 Å². The first-order valence-electron chi connectivity index (χ1n) is 13.2. The van der Waals surface area contributed by atoms with Crippen molar-refractivity contribution in [2.45, 2.75) is 105 Å². The van der Waals surface area contributed by atoms with Gasteiger partial charge in [0.2, 0.25) is 0 Å². The monoisotopic (exact) mass is 429 g/mol. The van der Waals surface area contributed by atoms with Gasteiger partial charge in [-0.3, -0.25) is 0 Å². The minimum Gasteiger partial charge on any atom is -0.495 e. The molecule has 0 aromatic rings. The third-order valence-corrected chi connectivity index (χ3v) is 10.6. The van der Waals surface area contributed by atoms with Crippen LogP contribution in [0, 0.1) is 46.3 Å². The van der Waals surface area contributed by atoms with Crippen LogP contribution in [-0.2, 0) is 4.74 Å². The Labute approximate surface area is 191 Å². The van der Waals surface area contributed by atoms with Gasteiger partial charge < -0.3 is 9.94 Å². The fourth-order valence-corrected chi connectivity index (χ4v) is 9.04. The highest BCUT2D eigenvalue weighted by atomic mass is 16.5. The molecule has 0 heterocycles. The zero-order valence-corrected chi connectivity index (χ0v) is 21.0. The molecule has 3 saturated carbocycles. The maximum atomic E-state index is 9.50. The van der Waals surface area contributed by atoms with Crippen molar-refractivity contribution >= 4 is 5.71 Å². The summed E-state index contributed by atoms with van der Waals surface area (Å²) in [5.41, 5.74) is 3.00. The molecule has 0 aliphatic heterocycles. The minimum atomic E-state index is 0.227. The van der Waals surface area contributed by atoms with Gasteiger partial charge in [-0.05, 0) is 103 Å². The molecular formula is C28H47NO2. The number of oxime groups is 1. The van der Waals surface area contributed by atoms with E-state index in [9.17, 15) is 5.21 Å². The second-order valence-electron chi connectivity index (χ2n) is 12.4. The fourth-order valence-electron chi connectivity index (χ4n) is 9.04. The summed E-state index contributed by atoms with van der Waals surface area (Å²) < 4.78 is 5.81. The van der Waals surface area contributed by atoms with E-state index in [2.05, 4.69) is 39.8 Å². The lowest BCUT2D eigenvalue weighted by Gasteiger charge is -2.58. The lowest BCUT2D eigenvalue weighted by Crippen LogP contribution is -2.51. The minimum absolute atomic E-state index is 0.227. The van der Waals surface area contributed by atoms with E-state index in [1.807, 2.05) is 0 Å². The second-order valence-corrected chi connectivity index (χ2v) is 12.4. The quantitative estimate of drug-likeness (QED) is 0.345. The Hall–Kier alpha value is -0.990. The normalized spacial score (nSPS) is 42.4. The summed E-state index contributed by atoms with van der Waals surface area (Å²) in [5.74, 6) is 6.08. The van der Waals surface area contributed by atoms with E-state index >= 15 is 0 Å². The third kappa shape index (κ3) is 3.76. The van der Waals surface area contributed by atoms with Crippen LogP contribution in [0.15, 0.2) is 16.5 Å². The lowest BCUT2D eigenvalue weighted by molar-refractivity contribution is -0.0592. The van der Waals surface area contributed by atoms with Crippen LogP contribution in [0.2, 0.25) is 0 Å². The average molecular weight is 430 g/mol. The number of hydrogen-bond acceptors (Lipinski definition) is 3. The predicted molar refractivity (Wildman–Crippen MR) is 128 cm³/mol. The van der Waals surface area contributed by atoms with Gasteiger partial charge in [-0.15, -0.1) is 0 Å². The van der Waals surface area contributed by atoms with Crippen molar-refractivity contribution in [3.05, 3.63) is 11.3 Å². The summed E-state index contributed by atoms with van der Waals surface area (Å²) >= 11 is 0. The van der Waals surface area contributed by atoms with Gasteiger partial charge in [0.1, 0.15) is 11.5 Å². The van der Waals surface area contributed by atoms with E-state index in [-0.39, 0.29) is 5.41 Å². The molecule has 3 fully saturated rings. The van der Waals surface area contributed by atoms with Crippen LogP contribution in [0.5, 0.6) is 0 Å². The molecule has 0 amide bonds. The van der Waals surface area contributed by atoms with Gasteiger partial charge in [-0.25, -0.2) is 0 Å². The lowest BCUT2D eigenvalue weighted by atomic mass is 9.46. The molecule has 176 valence electrons. The molecule has 0 saturated heterocycles. The van der Waals surface area contributed by atoms with E-state index in [0.717, 1.165) is 66.2 Å². The molecule has 0 aromatic carbocycles. The van der Waals surface area contributed by atoms with Crippen molar-refractivity contribution < 1.29 is 9.94 Å². The van der Waals surface area contributed by atoms with Gasteiger partial charge >= 0.3 is 0 Å². The summed E-state index contributed by atoms with van der Waals surface area (Å²) in [6.07, 6.45) is 14.3. The van der Waals surface area contributed by atoms with Gasteiger partial charge in [-0.1, -0.05) is 59.0 Å². The van der Waals surface area contributed by atoms with E-state index in [4.69, 9.17) is 4.74 Å². The molecule has 3 nitrogen and oxygen atoms in total. The first-order chi connectivity index (χ1) is 14.8. The smallest absolute Gasteiger partial charge is 0.143 e. The molecule has 4 rings (SSSR count). The number of nitrogens with zero attached hydrogens (tertiary/aromatic N) is 1. The first kappa shape index (κ1) is 23.2. The van der Waals surface area contributed by atoms with E-state index in [1.54, 1.807) is 7.11 Å². The Morgan fingerprint density at radius 2 is 1.77 bits per heavy atom. The molecule has 3 heteroatoms. The standard InChI is InChI=1S/C28H47NO2/c1-18(2)8-7-9-19(3)21-12-13-22-20-10-11-24-26(31-6)25(29-30)15-17-28(24,5)23(20)14-16-27(21,22)4/h18-23,30H,7-17H2,1-6H3/b29-25+/t19-,20+,21-,22+,23+,27-,28-/m1/s1. The van der Waals surface area contributed by atoms with Crippen LogP contribution in [0.4, 0.5) is 0 Å². The Kier molecular flexibility index (Phi) is 6.54. The predicted octanol–water partition coefficient (Wildman–Crippen LogP) is 7.83. The molecule has 4 aliphatic carbocycles. The Bertz CT molecular complexity index is 725. The highest BCUT2D eigenvalue weighted by molar-refractivity contribution is 5.99. The summed E-state index contributed by atoms with van der Waals surface area (Å²) in [7, 11) is 1.76. The number of ether oxygens (including phenoxy) is 1. The first-order valence-corrected chi connectivity index (χ1v) is 13.2. The molecule has 7 atom stereocenters. The van der Waals surface area contributed by atoms with Gasteiger partial charge in [0.25, 0.3) is 0 Å². The molecule has 1 N–H and O–H groups in total. The van der Waals surface area contributed by atoms with Gasteiger partial charge in [0, 0.05) is 0 Å². The van der Waals surface area contributed by atoms with E-state index in [0.29, 0.717) is 5.41 Å². The molecule has 0 spiro atoms. The average Bonchev–Trinajstić information content (AvgIpc) is 3.09. The van der Waals surface area contributed by atoms with Crippen molar-refractivity contribution in [1.29, 1.82) is 0 Å². The van der Waals surface area contributed by atoms with Crippen LogP contribution in [0.25, 0.3) is 0 Å². The van der Waals surface area contributed by atoms with Crippen LogP contribution in [0.1, 0.15) is 105 Å². The van der Waals surface area contributed by atoms with Crippen molar-refractivity contribution in [2.75, 3.05) is 7.11 Å². The maximum absolute atomic E-state index is 9.50. The number of rotatable bonds is 6. The third-order valence-electron chi connectivity index (χ3n) is 10.6. The number of allylic oxidation sites excluding steroid dienone is 2. The summed E-state index contributed by atoms with van der Waals surface area (Å²) in [6.45, 7) is 12.5. The van der Waals surface area contributed by atoms with Crippen molar-refractivity contribution in [1.82, 2.24) is 0 Å². The number of methoxy groups -OCH3 is 1. The van der Waals surface area contributed by atoms with Gasteiger partial charge in [0.15, 0.2) is 0 Å². The molecule has 0 unspecified atom stereocenters. The summed E-state index contributed by atoms with van der Waals surface area (Å²) in [5, 5.41) is 13.1. The van der Waals surface area contributed by atoms with Crippen molar-refractivity contribution in [3.8, 4) is 0 Å². The van der Waals surface area contributed by atoms with Crippen LogP contribution in [0.3, 0.4) is 0 Å². The molecule has 4 aliphatic rings. The van der Waals surface area contributed by atoms with Crippen LogP contribution in [-0.4, -0.2) is 18.0 Å². The van der Waals surface area contributed by atoms with Gasteiger partial charge in [0.05, 0.1) is 7.11 Å². The molecule has 31 heavy (non-hydrogen) atoms. The number of fused-ring (bicyclic) bond motifs is 5. The molecule has 0 radical (unpaired) electrons. The highest BCUT2D eigenvalue weighted by Gasteiger charge is 2.60. The Morgan fingerprint density at radius 3 is 2.45 bits per heavy atom. The summed E-state index contributed by atoms with van der Waals surface area (Å²) in [4.78, 5) is 0. The largest absolute Gasteiger partial charge is 0.495 e. The zero-order valence-electron chi connectivity index (χ0n) is 21.0. The van der Waals surface area contributed by atoms with E-state index in [1.165, 1.54) is 56.9 Å². The SMILES string of the molecule is COC1=C2CC[C@H]3[C@@H]4CC[C@H]([C@H](C)CCCC(C)C)[C@@]4(C)CC[C@@H]3[C@@]2(C)CC/C1=N\O. The molecule has 0 bridgehead atoms. The molecule has 0 aromatic heterocycles. The number of hydrogen-bond donors (Lipinski definition) is 1. The fraction of sp³-hybridized carbons (Fsp3) is 0.893. The van der Waals surface area contributed by atoms with Crippen molar-refractivity contribution in [3.63, 3.8) is 0 Å². The molecular weight excluding hydrogens is 382 g/mol. The van der Waals surface area contributed by atoms with Crippen LogP contribution >= 0.6 is 0 Å². The Morgan fingerprint density at radius 1 is 1.00 bits per heavy atom. The second kappa shape index (κ2) is 8.75. The Balaban J connectivity index is 1.54. The van der Waals surface area contributed by atoms with Crippen molar-refractivity contribution in [2.24, 2.45) is 51.5 Å². The topological polar surface area (TPSA) is 41.8 Å². The zero-order chi connectivity index (χ0) is 22.4. The maximum Gasteiger partial charge on any atom is 0.143 e. The summed E-state index contributed by atoms with van der Waals surface area (Å²) in [6, 6.07) is 0.